The van der Waals surface area contributed by atoms with Gasteiger partial charge in [-0.15, -0.1) is 11.8 Å². The van der Waals surface area contributed by atoms with Crippen molar-refractivity contribution < 1.29 is 19.4 Å². The van der Waals surface area contributed by atoms with Crippen LogP contribution in [0.25, 0.3) is 0 Å². The van der Waals surface area contributed by atoms with Crippen LogP contribution in [0.2, 0.25) is 0 Å². The zero-order chi connectivity index (χ0) is 27.1. The van der Waals surface area contributed by atoms with Crippen LogP contribution in [-0.4, -0.2) is 30.0 Å². The molecule has 5 heteroatoms. The van der Waals surface area contributed by atoms with Crippen molar-refractivity contribution in [3.05, 3.63) is 53.1 Å². The second kappa shape index (κ2) is 12.4. The van der Waals surface area contributed by atoms with Crippen molar-refractivity contribution in [2.75, 3.05) is 19.0 Å². The molecule has 0 aromatic heterocycles. The maximum atomic E-state index is 12.0. The normalized spacial score (nSPS) is 12.5. The van der Waals surface area contributed by atoms with Crippen molar-refractivity contribution in [2.45, 2.75) is 97.3 Å². The summed E-state index contributed by atoms with van der Waals surface area (Å²) in [5.41, 5.74) is 2.55. The molecule has 0 aliphatic carbocycles. The summed E-state index contributed by atoms with van der Waals surface area (Å²) in [7, 11) is 0. The van der Waals surface area contributed by atoms with E-state index in [1.807, 2.05) is 44.7 Å². The lowest BCUT2D eigenvalue weighted by Gasteiger charge is -2.28. The standard InChI is InChI=1S/C31H46O4S/c1-10-34-28(33)31(8,9)17-11-18-35-23-14-12-22(13-15-23)16-19-36-24-20-25(29(2,3)4)27(32)26(21-24)30(5,6)7/h12-15,20-21,32H,10-11,16-19H2,1-9H3. The van der Waals surface area contributed by atoms with Gasteiger partial charge in [-0.05, 0) is 80.7 Å². The summed E-state index contributed by atoms with van der Waals surface area (Å²) in [6, 6.07) is 12.6. The van der Waals surface area contributed by atoms with Crippen molar-refractivity contribution in [2.24, 2.45) is 5.41 Å². The molecule has 0 spiro atoms. The molecule has 0 amide bonds. The van der Waals surface area contributed by atoms with E-state index in [0.717, 1.165) is 41.9 Å². The van der Waals surface area contributed by atoms with Gasteiger partial charge in [0.2, 0.25) is 0 Å². The zero-order valence-electron chi connectivity index (χ0n) is 23.8. The van der Waals surface area contributed by atoms with Crippen molar-refractivity contribution in [3.63, 3.8) is 0 Å². The fourth-order valence-electron chi connectivity index (χ4n) is 4.01. The van der Waals surface area contributed by atoms with E-state index in [1.165, 1.54) is 10.5 Å². The van der Waals surface area contributed by atoms with Gasteiger partial charge in [0.25, 0.3) is 0 Å². The van der Waals surface area contributed by atoms with Gasteiger partial charge in [0.05, 0.1) is 18.6 Å². The first-order valence-electron chi connectivity index (χ1n) is 13.0. The Bertz CT molecular complexity index is 960. The third-order valence-electron chi connectivity index (χ3n) is 6.33. The molecule has 0 saturated carbocycles. The summed E-state index contributed by atoms with van der Waals surface area (Å²) in [5, 5.41) is 10.9. The highest BCUT2D eigenvalue weighted by Gasteiger charge is 2.28. The number of thioether (sulfide) groups is 1. The van der Waals surface area contributed by atoms with Crippen LogP contribution >= 0.6 is 11.8 Å². The molecule has 2 aromatic rings. The van der Waals surface area contributed by atoms with Crippen LogP contribution < -0.4 is 4.74 Å². The number of hydrogen-bond acceptors (Lipinski definition) is 5. The van der Waals surface area contributed by atoms with Crippen LogP contribution in [0.15, 0.2) is 41.3 Å². The van der Waals surface area contributed by atoms with Gasteiger partial charge >= 0.3 is 5.97 Å². The molecule has 0 unspecified atom stereocenters. The van der Waals surface area contributed by atoms with E-state index in [2.05, 4.69) is 65.8 Å². The lowest BCUT2D eigenvalue weighted by molar-refractivity contribution is -0.153. The monoisotopic (exact) mass is 514 g/mol. The average Bonchev–Trinajstić information content (AvgIpc) is 2.77. The lowest BCUT2D eigenvalue weighted by Crippen LogP contribution is -2.27. The van der Waals surface area contributed by atoms with Crippen molar-refractivity contribution >= 4 is 17.7 Å². The highest BCUT2D eigenvalue weighted by Crippen LogP contribution is 2.41. The summed E-state index contributed by atoms with van der Waals surface area (Å²) in [4.78, 5) is 13.2. The lowest BCUT2D eigenvalue weighted by atomic mass is 9.79. The second-order valence-electron chi connectivity index (χ2n) is 12.2. The predicted octanol–water partition coefficient (Wildman–Crippen LogP) is 8.07. The van der Waals surface area contributed by atoms with Gasteiger partial charge in [0, 0.05) is 21.8 Å². The number of esters is 1. The van der Waals surface area contributed by atoms with Crippen LogP contribution in [-0.2, 0) is 26.8 Å². The minimum atomic E-state index is -0.486. The van der Waals surface area contributed by atoms with Crippen molar-refractivity contribution in [3.8, 4) is 11.5 Å². The number of carbonyl (C=O) groups excluding carboxylic acids is 1. The molecule has 200 valence electrons. The molecular formula is C31H46O4S. The Morgan fingerprint density at radius 1 is 0.917 bits per heavy atom. The molecule has 0 aliphatic rings. The van der Waals surface area contributed by atoms with Gasteiger partial charge in [-0.2, -0.15) is 0 Å². The van der Waals surface area contributed by atoms with Crippen LogP contribution in [0.3, 0.4) is 0 Å². The molecule has 2 rings (SSSR count). The third kappa shape index (κ3) is 8.76. The number of phenols is 1. The van der Waals surface area contributed by atoms with E-state index in [4.69, 9.17) is 9.47 Å². The summed E-state index contributed by atoms with van der Waals surface area (Å²) < 4.78 is 11.0. The zero-order valence-corrected chi connectivity index (χ0v) is 24.6. The van der Waals surface area contributed by atoms with Gasteiger partial charge in [-0.1, -0.05) is 53.7 Å². The molecule has 0 aliphatic heterocycles. The first-order valence-corrected chi connectivity index (χ1v) is 14.0. The molecule has 0 radical (unpaired) electrons. The number of ether oxygens (including phenoxy) is 2. The minimum absolute atomic E-state index is 0.120. The molecular weight excluding hydrogens is 468 g/mol. The first-order chi connectivity index (χ1) is 16.6. The number of benzene rings is 2. The first kappa shape index (κ1) is 30.1. The Morgan fingerprint density at radius 3 is 1.97 bits per heavy atom. The van der Waals surface area contributed by atoms with Crippen molar-refractivity contribution in [1.29, 1.82) is 0 Å². The fraction of sp³-hybridized carbons (Fsp3) is 0.581. The molecule has 0 bridgehead atoms. The Labute approximate surface area is 223 Å². The van der Waals surface area contributed by atoms with E-state index >= 15 is 0 Å². The molecule has 0 atom stereocenters. The van der Waals surface area contributed by atoms with Crippen LogP contribution in [0.4, 0.5) is 0 Å². The molecule has 0 heterocycles. The number of hydrogen-bond donors (Lipinski definition) is 1. The van der Waals surface area contributed by atoms with Gasteiger partial charge in [0.15, 0.2) is 0 Å². The Kier molecular flexibility index (Phi) is 10.4. The smallest absolute Gasteiger partial charge is 0.311 e. The van der Waals surface area contributed by atoms with E-state index in [-0.39, 0.29) is 16.8 Å². The molecule has 0 saturated heterocycles. The third-order valence-corrected chi connectivity index (χ3v) is 7.30. The van der Waals surface area contributed by atoms with Crippen LogP contribution in [0, 0.1) is 5.41 Å². The van der Waals surface area contributed by atoms with E-state index in [0.29, 0.717) is 19.0 Å². The largest absolute Gasteiger partial charge is 0.507 e. The predicted molar refractivity (Wildman–Crippen MR) is 152 cm³/mol. The number of carbonyl (C=O) groups is 1. The van der Waals surface area contributed by atoms with Gasteiger partial charge in [-0.3, -0.25) is 4.79 Å². The fourth-order valence-corrected chi connectivity index (χ4v) is 4.98. The van der Waals surface area contributed by atoms with E-state index < -0.39 is 5.41 Å². The molecule has 0 fully saturated rings. The minimum Gasteiger partial charge on any atom is -0.507 e. The SMILES string of the molecule is CCOC(=O)C(C)(C)CCCOc1ccc(CCSc2cc(C(C)(C)C)c(O)c(C(C)(C)C)c2)cc1. The molecule has 36 heavy (non-hydrogen) atoms. The van der Waals surface area contributed by atoms with Crippen LogP contribution in [0.1, 0.15) is 91.8 Å². The highest BCUT2D eigenvalue weighted by molar-refractivity contribution is 7.99. The van der Waals surface area contributed by atoms with E-state index in [1.54, 1.807) is 0 Å². The molecule has 4 nitrogen and oxygen atoms in total. The summed E-state index contributed by atoms with van der Waals surface area (Å²) >= 11 is 1.83. The Morgan fingerprint density at radius 2 is 1.47 bits per heavy atom. The number of aryl methyl sites for hydroxylation is 1. The Balaban J connectivity index is 1.90. The number of aromatic hydroxyl groups is 1. The van der Waals surface area contributed by atoms with E-state index in [9.17, 15) is 9.90 Å². The van der Waals surface area contributed by atoms with Gasteiger partial charge in [0.1, 0.15) is 11.5 Å². The quantitative estimate of drug-likeness (QED) is 0.187. The Hall–Kier alpha value is -2.14. The number of rotatable bonds is 11. The summed E-state index contributed by atoms with van der Waals surface area (Å²) in [6.45, 7) is 19.5. The second-order valence-corrected chi connectivity index (χ2v) is 13.3. The molecule has 1 N–H and O–H groups in total. The maximum Gasteiger partial charge on any atom is 0.311 e. The molecule has 2 aromatic carbocycles. The summed E-state index contributed by atoms with van der Waals surface area (Å²) in [5.74, 6) is 2.09. The van der Waals surface area contributed by atoms with Gasteiger partial charge < -0.3 is 14.6 Å². The topological polar surface area (TPSA) is 55.8 Å². The highest BCUT2D eigenvalue weighted by atomic mass is 32.2. The van der Waals surface area contributed by atoms with Crippen molar-refractivity contribution in [1.82, 2.24) is 0 Å². The van der Waals surface area contributed by atoms with Gasteiger partial charge in [-0.25, -0.2) is 0 Å². The number of phenolic OH excluding ortho intramolecular Hbond substituents is 1. The average molecular weight is 515 g/mol. The maximum absolute atomic E-state index is 12.0. The van der Waals surface area contributed by atoms with Crippen LogP contribution in [0.5, 0.6) is 11.5 Å². The summed E-state index contributed by atoms with van der Waals surface area (Å²) in [6.07, 6.45) is 2.48.